The molecule has 0 bridgehead atoms. The number of imidazole rings is 1. The first kappa shape index (κ1) is 18.0. The second-order valence-corrected chi connectivity index (χ2v) is 7.93. The zero-order valence-corrected chi connectivity index (χ0v) is 17.4. The predicted octanol–water partition coefficient (Wildman–Crippen LogP) is 1.26. The Kier molecular flexibility index (Phi) is 3.74. The molecule has 8 nitrogen and oxygen atoms in total. The summed E-state index contributed by atoms with van der Waals surface area (Å²) >= 11 is 0. The minimum atomic E-state index is -0.151. The van der Waals surface area contributed by atoms with Crippen molar-refractivity contribution in [3.63, 3.8) is 0 Å². The van der Waals surface area contributed by atoms with E-state index in [0.717, 1.165) is 23.1 Å². The molecule has 0 amide bonds. The van der Waals surface area contributed by atoms with Gasteiger partial charge in [0, 0.05) is 0 Å². The highest BCUT2D eigenvalue weighted by molar-refractivity contribution is 5.89. The predicted molar refractivity (Wildman–Crippen MR) is 112 cm³/mol. The van der Waals surface area contributed by atoms with E-state index < -0.39 is 0 Å². The van der Waals surface area contributed by atoms with E-state index in [-0.39, 0.29) is 12.1 Å². The number of fused-ring (bicyclic) bond motifs is 7. The molecule has 2 aromatic rings. The molecular weight excluding hydrogens is 376 g/mol. The number of allylic oxidation sites excluding steroid dienone is 4. The molecule has 5 rings (SSSR count). The molecule has 3 aliphatic heterocycles. The zero-order chi connectivity index (χ0) is 21.2. The Labute approximate surface area is 175 Å². The lowest BCUT2D eigenvalue weighted by atomic mass is 9.98. The van der Waals surface area contributed by atoms with Gasteiger partial charge in [-0.1, -0.05) is 12.1 Å². The normalized spacial score (nSPS) is 21.3. The van der Waals surface area contributed by atoms with Gasteiger partial charge in [-0.05, 0) is 24.3 Å². The van der Waals surface area contributed by atoms with Crippen molar-refractivity contribution in [2.45, 2.75) is 12.1 Å². The van der Waals surface area contributed by atoms with Crippen LogP contribution in [0, 0.1) is 22.7 Å². The fourth-order valence-corrected chi connectivity index (χ4v) is 4.85. The Morgan fingerprint density at radius 2 is 1.87 bits per heavy atom. The molecular formula is C22H22N8+2. The van der Waals surface area contributed by atoms with Crippen LogP contribution in [-0.4, -0.2) is 59.1 Å². The fraction of sp³-hybridized carbons (Fsp3) is 0.273. The third-order valence-corrected chi connectivity index (χ3v) is 5.79. The molecule has 5 heterocycles. The van der Waals surface area contributed by atoms with E-state index in [1.54, 1.807) is 0 Å². The van der Waals surface area contributed by atoms with E-state index in [9.17, 15) is 10.5 Å². The molecule has 0 N–H and O–H groups in total. The number of nitrogens with zero attached hydrogens (tertiary/aromatic N) is 8. The summed E-state index contributed by atoms with van der Waals surface area (Å²) < 4.78 is 6.05. The number of hydrogen-bond acceptors (Lipinski definition) is 3. The third kappa shape index (κ3) is 2.08. The molecule has 1 saturated heterocycles. The number of pyridine rings is 1. The van der Waals surface area contributed by atoms with E-state index in [4.69, 9.17) is 0 Å². The van der Waals surface area contributed by atoms with E-state index in [1.807, 2.05) is 83.8 Å². The molecule has 0 spiro atoms. The molecule has 2 unspecified atom stereocenters. The van der Waals surface area contributed by atoms with Gasteiger partial charge in [-0.15, -0.1) is 0 Å². The third-order valence-electron chi connectivity index (χ3n) is 5.79. The summed E-state index contributed by atoms with van der Waals surface area (Å²) in [7, 11) is 7.84. The van der Waals surface area contributed by atoms with Crippen molar-refractivity contribution in [2.24, 2.45) is 0 Å². The number of hydrogen-bond donors (Lipinski definition) is 0. The van der Waals surface area contributed by atoms with Crippen LogP contribution in [0.3, 0.4) is 0 Å². The number of guanidine groups is 1. The van der Waals surface area contributed by atoms with Crippen LogP contribution in [0.1, 0.15) is 11.7 Å². The molecule has 0 aromatic carbocycles. The van der Waals surface area contributed by atoms with Crippen LogP contribution in [0.4, 0.5) is 5.95 Å². The Bertz CT molecular complexity index is 1290. The molecule has 8 heteroatoms. The molecule has 0 aliphatic carbocycles. The van der Waals surface area contributed by atoms with Crippen LogP contribution in [0.2, 0.25) is 0 Å². The van der Waals surface area contributed by atoms with Gasteiger partial charge in [-0.2, -0.15) is 15.1 Å². The molecule has 1 fully saturated rings. The SMILES string of the molecule is CN(C)c1n2c(c3cccc[n+]13)C1C3C=CC=CN3C(=[N+](C)C)N1C(C#N)=C2C#N. The van der Waals surface area contributed by atoms with Crippen LogP contribution in [0.5, 0.6) is 0 Å². The molecule has 0 radical (unpaired) electrons. The fourth-order valence-electron chi connectivity index (χ4n) is 4.85. The van der Waals surface area contributed by atoms with Crippen LogP contribution in [0.15, 0.2) is 54.5 Å². The maximum Gasteiger partial charge on any atom is 0.370 e. The van der Waals surface area contributed by atoms with Crippen molar-refractivity contribution >= 4 is 23.1 Å². The number of anilines is 1. The first-order chi connectivity index (χ1) is 14.5. The summed E-state index contributed by atoms with van der Waals surface area (Å²) in [5.74, 6) is 1.72. The summed E-state index contributed by atoms with van der Waals surface area (Å²) in [4.78, 5) is 6.18. The molecule has 2 atom stereocenters. The lowest BCUT2D eigenvalue weighted by Crippen LogP contribution is -2.40. The van der Waals surface area contributed by atoms with E-state index in [0.29, 0.717) is 11.4 Å². The Morgan fingerprint density at radius 3 is 2.53 bits per heavy atom. The average molecular weight is 398 g/mol. The van der Waals surface area contributed by atoms with Crippen LogP contribution in [-0.2, 0) is 0 Å². The molecule has 0 saturated carbocycles. The Balaban J connectivity index is 1.97. The molecule has 3 aliphatic rings. The van der Waals surface area contributed by atoms with Crippen LogP contribution >= 0.6 is 0 Å². The topological polar surface area (TPSA) is 69.3 Å². The number of aromatic nitrogens is 2. The van der Waals surface area contributed by atoms with Gasteiger partial charge in [0.25, 0.3) is 0 Å². The first-order valence-electron chi connectivity index (χ1n) is 9.75. The summed E-state index contributed by atoms with van der Waals surface area (Å²) in [6.07, 6.45) is 10.2. The van der Waals surface area contributed by atoms with Crippen molar-refractivity contribution in [3.05, 3.63) is 60.2 Å². The average Bonchev–Trinajstić information content (AvgIpc) is 3.25. The van der Waals surface area contributed by atoms with Crippen LogP contribution in [0.25, 0.3) is 11.2 Å². The summed E-state index contributed by atoms with van der Waals surface area (Å²) in [6, 6.07) is 10.6. The molecule has 2 aromatic heterocycles. The van der Waals surface area contributed by atoms with Gasteiger partial charge in [-0.25, -0.2) is 14.2 Å². The Morgan fingerprint density at radius 1 is 1.10 bits per heavy atom. The van der Waals surface area contributed by atoms with Crippen molar-refractivity contribution < 1.29 is 8.98 Å². The quantitative estimate of drug-likeness (QED) is 0.677. The Hall–Kier alpha value is -4.04. The maximum atomic E-state index is 10.2. The standard InChI is InChI=1S/C22H22N8/c1-25(2)21-27-11-7-5-9-15(27)19-20-16-10-6-8-12-28(16)22(26(3)4)30(20)18(14-24)17(13-23)29(19)21/h5-12,15,19H,1-4H3/q+2. The van der Waals surface area contributed by atoms with Gasteiger partial charge < -0.3 is 0 Å². The highest BCUT2D eigenvalue weighted by atomic mass is 15.5. The van der Waals surface area contributed by atoms with Gasteiger partial charge in [0.15, 0.2) is 11.7 Å². The van der Waals surface area contributed by atoms with Gasteiger partial charge in [0.1, 0.15) is 23.7 Å². The molecule has 30 heavy (non-hydrogen) atoms. The zero-order valence-electron chi connectivity index (χ0n) is 17.4. The van der Waals surface area contributed by atoms with E-state index in [2.05, 4.69) is 33.6 Å². The smallest absolute Gasteiger partial charge is 0.269 e. The van der Waals surface area contributed by atoms with Gasteiger partial charge in [0.05, 0.1) is 40.6 Å². The number of rotatable bonds is 1. The van der Waals surface area contributed by atoms with Crippen molar-refractivity contribution in [1.29, 1.82) is 10.5 Å². The van der Waals surface area contributed by atoms with Crippen LogP contribution < -0.4 is 9.30 Å². The highest BCUT2D eigenvalue weighted by Crippen LogP contribution is 2.47. The van der Waals surface area contributed by atoms with E-state index >= 15 is 0 Å². The van der Waals surface area contributed by atoms with Crippen molar-refractivity contribution in [1.82, 2.24) is 14.4 Å². The van der Waals surface area contributed by atoms with Gasteiger partial charge in [-0.3, -0.25) is 9.48 Å². The monoisotopic (exact) mass is 398 g/mol. The second kappa shape index (κ2) is 6.23. The number of nitriles is 2. The lowest BCUT2D eigenvalue weighted by Gasteiger charge is -2.25. The summed E-state index contributed by atoms with van der Waals surface area (Å²) in [5.41, 5.74) is 2.72. The lowest BCUT2D eigenvalue weighted by molar-refractivity contribution is -0.497. The van der Waals surface area contributed by atoms with Crippen molar-refractivity contribution in [3.8, 4) is 12.1 Å². The minimum absolute atomic E-state index is 0.00339. The summed E-state index contributed by atoms with van der Waals surface area (Å²) in [5, 5.41) is 20.4. The minimum Gasteiger partial charge on any atom is -0.269 e. The first-order valence-corrected chi connectivity index (χ1v) is 9.75. The highest BCUT2D eigenvalue weighted by Gasteiger charge is 2.60. The molecule has 148 valence electrons. The van der Waals surface area contributed by atoms with Gasteiger partial charge in [0.2, 0.25) is 11.4 Å². The largest absolute Gasteiger partial charge is 0.370 e. The summed E-state index contributed by atoms with van der Waals surface area (Å²) in [6.45, 7) is 0. The maximum absolute atomic E-state index is 10.2. The van der Waals surface area contributed by atoms with E-state index in [1.165, 1.54) is 0 Å². The van der Waals surface area contributed by atoms with Gasteiger partial charge >= 0.3 is 11.9 Å². The second-order valence-electron chi connectivity index (χ2n) is 7.93. The van der Waals surface area contributed by atoms with Crippen molar-refractivity contribution in [2.75, 3.05) is 33.1 Å².